The van der Waals surface area contributed by atoms with Crippen molar-refractivity contribution in [3.8, 4) is 0 Å². The predicted octanol–water partition coefficient (Wildman–Crippen LogP) is 0.315. The Morgan fingerprint density at radius 1 is 1.45 bits per heavy atom. The Labute approximate surface area is 68.3 Å². The molecule has 64 valence electrons. The molecular formula is C8H17N3. The number of hydrogen-bond acceptors (Lipinski definition) is 2. The zero-order valence-electron chi connectivity index (χ0n) is 7.38. The third-order valence-corrected chi connectivity index (χ3v) is 2.40. The second-order valence-corrected chi connectivity index (χ2v) is 3.23. The Bertz CT molecular complexity index is 145. The summed E-state index contributed by atoms with van der Waals surface area (Å²) in [6.45, 7) is 2.31. The summed E-state index contributed by atoms with van der Waals surface area (Å²) in [6.07, 6.45) is 2.33. The van der Waals surface area contributed by atoms with Crippen LogP contribution < -0.4 is 5.73 Å². The van der Waals surface area contributed by atoms with Crippen LogP contribution in [0.4, 0.5) is 0 Å². The van der Waals surface area contributed by atoms with Gasteiger partial charge < -0.3 is 10.6 Å². The Morgan fingerprint density at radius 3 is 2.45 bits per heavy atom. The van der Waals surface area contributed by atoms with Crippen molar-refractivity contribution in [1.29, 1.82) is 0 Å². The second kappa shape index (κ2) is 3.72. The van der Waals surface area contributed by atoms with E-state index in [9.17, 15) is 0 Å². The van der Waals surface area contributed by atoms with Crippen molar-refractivity contribution in [2.75, 3.05) is 27.2 Å². The smallest absolute Gasteiger partial charge is 0.0965 e. The van der Waals surface area contributed by atoms with E-state index in [0.29, 0.717) is 5.92 Å². The van der Waals surface area contributed by atoms with E-state index in [0.717, 1.165) is 18.9 Å². The molecule has 0 spiro atoms. The lowest BCUT2D eigenvalue weighted by Crippen LogP contribution is -2.36. The Morgan fingerprint density at radius 2 is 2.00 bits per heavy atom. The van der Waals surface area contributed by atoms with E-state index in [1.807, 2.05) is 0 Å². The van der Waals surface area contributed by atoms with Crippen LogP contribution in [0, 0.1) is 5.92 Å². The van der Waals surface area contributed by atoms with Gasteiger partial charge in [0.25, 0.3) is 0 Å². The van der Waals surface area contributed by atoms with Gasteiger partial charge in [-0.3, -0.25) is 4.99 Å². The average Bonchev–Trinajstić information content (AvgIpc) is 2.05. The molecule has 0 saturated carbocycles. The largest absolute Gasteiger partial charge is 0.387 e. The molecule has 0 atom stereocenters. The van der Waals surface area contributed by atoms with E-state index >= 15 is 0 Å². The summed E-state index contributed by atoms with van der Waals surface area (Å²) in [5, 5.41) is 0. The topological polar surface area (TPSA) is 41.6 Å². The number of piperidine rings is 1. The van der Waals surface area contributed by atoms with Gasteiger partial charge in [-0.05, 0) is 33.0 Å². The van der Waals surface area contributed by atoms with E-state index in [4.69, 9.17) is 5.73 Å². The first-order valence-electron chi connectivity index (χ1n) is 4.14. The minimum Gasteiger partial charge on any atom is -0.387 e. The van der Waals surface area contributed by atoms with Crippen LogP contribution in [0.2, 0.25) is 0 Å². The number of nitrogens with zero attached hydrogens (tertiary/aromatic N) is 2. The van der Waals surface area contributed by atoms with E-state index in [1.165, 1.54) is 12.8 Å². The highest BCUT2D eigenvalue weighted by Crippen LogP contribution is 2.15. The van der Waals surface area contributed by atoms with Gasteiger partial charge in [-0.2, -0.15) is 0 Å². The van der Waals surface area contributed by atoms with Crippen LogP contribution in [0.1, 0.15) is 12.8 Å². The van der Waals surface area contributed by atoms with Crippen molar-refractivity contribution in [2.45, 2.75) is 12.8 Å². The predicted molar refractivity (Wildman–Crippen MR) is 47.8 cm³/mol. The Hall–Kier alpha value is -0.570. The number of rotatable bonds is 1. The SMILES string of the molecule is CN=C(N)C1CCN(C)CC1. The van der Waals surface area contributed by atoms with Crippen molar-refractivity contribution in [2.24, 2.45) is 16.6 Å². The lowest BCUT2D eigenvalue weighted by molar-refractivity contribution is 0.251. The molecule has 0 aromatic carbocycles. The molecule has 0 amide bonds. The fraction of sp³-hybridized carbons (Fsp3) is 0.875. The molecule has 1 rings (SSSR count). The van der Waals surface area contributed by atoms with Crippen LogP contribution in [-0.2, 0) is 0 Å². The normalized spacial score (nSPS) is 24.0. The van der Waals surface area contributed by atoms with E-state index < -0.39 is 0 Å². The lowest BCUT2D eigenvalue weighted by atomic mass is 9.96. The molecular weight excluding hydrogens is 138 g/mol. The van der Waals surface area contributed by atoms with Crippen molar-refractivity contribution in [1.82, 2.24) is 4.90 Å². The van der Waals surface area contributed by atoms with Gasteiger partial charge in [0.15, 0.2) is 0 Å². The van der Waals surface area contributed by atoms with Gasteiger partial charge in [0, 0.05) is 13.0 Å². The molecule has 0 bridgehead atoms. The second-order valence-electron chi connectivity index (χ2n) is 3.23. The molecule has 0 unspecified atom stereocenters. The summed E-state index contributed by atoms with van der Waals surface area (Å²) in [7, 11) is 3.92. The van der Waals surface area contributed by atoms with Crippen molar-refractivity contribution in [3.63, 3.8) is 0 Å². The number of amidine groups is 1. The molecule has 0 aromatic heterocycles. The van der Waals surface area contributed by atoms with Gasteiger partial charge in [0.1, 0.15) is 0 Å². The zero-order valence-corrected chi connectivity index (χ0v) is 7.38. The Kier molecular flexibility index (Phi) is 2.88. The van der Waals surface area contributed by atoms with Crippen molar-refractivity contribution in [3.05, 3.63) is 0 Å². The van der Waals surface area contributed by atoms with Gasteiger partial charge >= 0.3 is 0 Å². The lowest BCUT2D eigenvalue weighted by Gasteiger charge is -2.28. The maximum Gasteiger partial charge on any atom is 0.0965 e. The fourth-order valence-electron chi connectivity index (χ4n) is 1.49. The molecule has 1 saturated heterocycles. The highest BCUT2D eigenvalue weighted by molar-refractivity contribution is 5.82. The van der Waals surface area contributed by atoms with Crippen LogP contribution in [0.25, 0.3) is 0 Å². The first kappa shape index (κ1) is 8.53. The number of nitrogens with two attached hydrogens (primary N) is 1. The van der Waals surface area contributed by atoms with Crippen LogP contribution in [0.3, 0.4) is 0 Å². The molecule has 2 N–H and O–H groups in total. The van der Waals surface area contributed by atoms with Crippen LogP contribution >= 0.6 is 0 Å². The molecule has 1 aliphatic heterocycles. The third-order valence-electron chi connectivity index (χ3n) is 2.40. The Balaban J connectivity index is 2.39. The summed E-state index contributed by atoms with van der Waals surface area (Å²) in [4.78, 5) is 6.35. The first-order valence-corrected chi connectivity index (χ1v) is 4.14. The van der Waals surface area contributed by atoms with Crippen LogP contribution in [0.15, 0.2) is 4.99 Å². The molecule has 1 fully saturated rings. The van der Waals surface area contributed by atoms with E-state index in [2.05, 4.69) is 16.9 Å². The standard InChI is InChI=1S/C8H17N3/c1-10-8(9)7-3-5-11(2)6-4-7/h7H,3-6H2,1-2H3,(H2,9,10). The summed E-state index contributed by atoms with van der Waals surface area (Å²) in [5.41, 5.74) is 5.72. The van der Waals surface area contributed by atoms with Gasteiger partial charge in [0.05, 0.1) is 5.84 Å². The highest BCUT2D eigenvalue weighted by atomic mass is 15.1. The molecule has 1 aliphatic rings. The molecule has 0 radical (unpaired) electrons. The minimum absolute atomic E-state index is 0.538. The zero-order chi connectivity index (χ0) is 8.27. The maximum atomic E-state index is 5.72. The summed E-state index contributed by atoms with van der Waals surface area (Å²) in [5.74, 6) is 1.37. The summed E-state index contributed by atoms with van der Waals surface area (Å²) >= 11 is 0. The fourth-order valence-corrected chi connectivity index (χ4v) is 1.49. The quantitative estimate of drug-likeness (QED) is 0.437. The third kappa shape index (κ3) is 2.19. The van der Waals surface area contributed by atoms with E-state index in [1.54, 1.807) is 7.05 Å². The first-order chi connectivity index (χ1) is 5.24. The van der Waals surface area contributed by atoms with Gasteiger partial charge in [-0.15, -0.1) is 0 Å². The molecule has 3 nitrogen and oxygen atoms in total. The van der Waals surface area contributed by atoms with Crippen LogP contribution in [-0.4, -0.2) is 37.9 Å². The molecule has 1 heterocycles. The molecule has 3 heteroatoms. The summed E-state index contributed by atoms with van der Waals surface area (Å²) in [6, 6.07) is 0. The monoisotopic (exact) mass is 155 g/mol. The van der Waals surface area contributed by atoms with Crippen LogP contribution in [0.5, 0.6) is 0 Å². The summed E-state index contributed by atoms with van der Waals surface area (Å²) < 4.78 is 0. The van der Waals surface area contributed by atoms with E-state index in [-0.39, 0.29) is 0 Å². The number of aliphatic imine (C=N–C) groups is 1. The van der Waals surface area contributed by atoms with Crippen molar-refractivity contribution < 1.29 is 0 Å². The minimum atomic E-state index is 0.538. The molecule has 11 heavy (non-hydrogen) atoms. The maximum absolute atomic E-state index is 5.72. The van der Waals surface area contributed by atoms with Gasteiger partial charge in [0.2, 0.25) is 0 Å². The molecule has 0 aliphatic carbocycles. The van der Waals surface area contributed by atoms with Gasteiger partial charge in [-0.25, -0.2) is 0 Å². The van der Waals surface area contributed by atoms with Gasteiger partial charge in [-0.1, -0.05) is 0 Å². The average molecular weight is 155 g/mol. The molecule has 0 aromatic rings. The number of hydrogen-bond donors (Lipinski definition) is 1. The number of likely N-dealkylation sites (tertiary alicyclic amines) is 1. The van der Waals surface area contributed by atoms with Crippen molar-refractivity contribution >= 4 is 5.84 Å². The highest BCUT2D eigenvalue weighted by Gasteiger charge is 2.18.